The Balaban J connectivity index is -0.000000403. The minimum atomic E-state index is 0. The van der Waals surface area contributed by atoms with Gasteiger partial charge in [0.15, 0.2) is 0 Å². The van der Waals surface area contributed by atoms with Crippen LogP contribution in [0.2, 0.25) is 0 Å². The Labute approximate surface area is 119 Å². The molecule has 0 fully saturated rings. The van der Waals surface area contributed by atoms with Gasteiger partial charge < -0.3 is 24.8 Å². The standard InChI is InChI=1S/C11H18.2ClH.Hf/c1-3-6-10-8-5-9-11(10)7-4-2;;;/h5,8H,3-4,6-7,9H2,1-2H3;2*1H;/q;;;+2/p-2. The molecule has 0 saturated carbocycles. The van der Waals surface area contributed by atoms with Gasteiger partial charge in [-0.25, -0.2) is 0 Å². The van der Waals surface area contributed by atoms with E-state index in [0.29, 0.717) is 0 Å². The van der Waals surface area contributed by atoms with Gasteiger partial charge in [-0.2, -0.15) is 0 Å². The molecular formula is C11H18Cl2Hf. The first kappa shape index (κ1) is 20.4. The third-order valence-corrected chi connectivity index (χ3v) is 2.21. The molecular weight excluding hydrogens is 382 g/mol. The van der Waals surface area contributed by atoms with Gasteiger partial charge in [0.2, 0.25) is 0 Å². The molecule has 0 heterocycles. The van der Waals surface area contributed by atoms with Crippen molar-refractivity contribution >= 4 is 0 Å². The van der Waals surface area contributed by atoms with E-state index in [1.807, 2.05) is 0 Å². The zero-order valence-electron chi connectivity index (χ0n) is 8.95. The molecule has 1 aliphatic carbocycles. The molecule has 0 aromatic rings. The first-order chi connectivity index (χ1) is 5.38. The van der Waals surface area contributed by atoms with E-state index >= 15 is 0 Å². The van der Waals surface area contributed by atoms with Gasteiger partial charge in [0.05, 0.1) is 0 Å². The number of halogens is 2. The summed E-state index contributed by atoms with van der Waals surface area (Å²) in [5.41, 5.74) is 3.31. The van der Waals surface area contributed by atoms with Crippen molar-refractivity contribution in [3.05, 3.63) is 23.3 Å². The summed E-state index contributed by atoms with van der Waals surface area (Å²) in [6.45, 7) is 4.51. The topological polar surface area (TPSA) is 0 Å². The molecule has 80 valence electrons. The summed E-state index contributed by atoms with van der Waals surface area (Å²) in [6.07, 6.45) is 11.0. The van der Waals surface area contributed by atoms with Crippen molar-refractivity contribution in [2.75, 3.05) is 0 Å². The summed E-state index contributed by atoms with van der Waals surface area (Å²) >= 11 is 0. The van der Waals surface area contributed by atoms with E-state index in [-0.39, 0.29) is 50.7 Å². The second-order valence-electron chi connectivity index (χ2n) is 3.24. The van der Waals surface area contributed by atoms with E-state index in [4.69, 9.17) is 0 Å². The summed E-state index contributed by atoms with van der Waals surface area (Å²) in [5.74, 6) is 0. The summed E-state index contributed by atoms with van der Waals surface area (Å²) in [5, 5.41) is 0. The molecule has 0 atom stereocenters. The molecule has 0 radical (unpaired) electrons. The smallest absolute Gasteiger partial charge is 1.00 e. The molecule has 0 bridgehead atoms. The normalized spacial score (nSPS) is 13.0. The second-order valence-corrected chi connectivity index (χ2v) is 3.24. The largest absolute Gasteiger partial charge is 2.00 e. The minimum absolute atomic E-state index is 0. The van der Waals surface area contributed by atoms with Crippen molar-refractivity contribution < 1.29 is 50.7 Å². The first-order valence-electron chi connectivity index (χ1n) is 4.76. The Hall–Kier alpha value is 0.930. The average Bonchev–Trinajstić information content (AvgIpc) is 2.39. The summed E-state index contributed by atoms with van der Waals surface area (Å²) < 4.78 is 0. The molecule has 0 amide bonds. The van der Waals surface area contributed by atoms with Crippen LogP contribution in [-0.2, 0) is 25.8 Å². The van der Waals surface area contributed by atoms with Crippen LogP contribution in [0, 0.1) is 0 Å². The molecule has 0 aromatic carbocycles. The fourth-order valence-electron chi connectivity index (χ4n) is 1.69. The van der Waals surface area contributed by atoms with Crippen molar-refractivity contribution in [3.63, 3.8) is 0 Å². The van der Waals surface area contributed by atoms with Gasteiger partial charge in [0.25, 0.3) is 0 Å². The van der Waals surface area contributed by atoms with Crippen molar-refractivity contribution in [2.45, 2.75) is 46.0 Å². The maximum Gasteiger partial charge on any atom is 2.00 e. The molecule has 0 saturated heterocycles. The molecule has 0 nitrogen and oxygen atoms in total. The molecule has 0 unspecified atom stereocenters. The second kappa shape index (κ2) is 12.0. The summed E-state index contributed by atoms with van der Waals surface area (Å²) in [7, 11) is 0. The molecule has 0 aromatic heterocycles. The Kier molecular flexibility index (Phi) is 17.5. The third-order valence-electron chi connectivity index (χ3n) is 2.21. The zero-order chi connectivity index (χ0) is 8.10. The Morgan fingerprint density at radius 3 is 2.14 bits per heavy atom. The number of allylic oxidation sites excluding steroid dienone is 4. The van der Waals surface area contributed by atoms with Gasteiger partial charge in [-0.1, -0.05) is 44.4 Å². The van der Waals surface area contributed by atoms with Gasteiger partial charge in [-0.15, -0.1) is 0 Å². The fraction of sp³-hybridized carbons (Fsp3) is 0.636. The van der Waals surface area contributed by atoms with Crippen LogP contribution in [0.1, 0.15) is 46.0 Å². The van der Waals surface area contributed by atoms with Crippen molar-refractivity contribution in [2.24, 2.45) is 0 Å². The van der Waals surface area contributed by atoms with Crippen molar-refractivity contribution in [1.29, 1.82) is 0 Å². The zero-order valence-corrected chi connectivity index (χ0v) is 14.1. The number of rotatable bonds is 4. The van der Waals surface area contributed by atoms with Crippen LogP contribution in [0.25, 0.3) is 0 Å². The van der Waals surface area contributed by atoms with Gasteiger partial charge in [0.1, 0.15) is 0 Å². The van der Waals surface area contributed by atoms with E-state index < -0.39 is 0 Å². The summed E-state index contributed by atoms with van der Waals surface area (Å²) in [4.78, 5) is 0. The van der Waals surface area contributed by atoms with Crippen LogP contribution >= 0.6 is 0 Å². The number of hydrogen-bond acceptors (Lipinski definition) is 0. The fourth-order valence-corrected chi connectivity index (χ4v) is 1.69. The Morgan fingerprint density at radius 1 is 1.07 bits per heavy atom. The van der Waals surface area contributed by atoms with Crippen LogP contribution in [0.4, 0.5) is 0 Å². The van der Waals surface area contributed by atoms with Crippen molar-refractivity contribution in [1.82, 2.24) is 0 Å². The van der Waals surface area contributed by atoms with Crippen LogP contribution in [0.15, 0.2) is 23.3 Å². The number of hydrogen-bond donors (Lipinski definition) is 0. The monoisotopic (exact) mass is 400 g/mol. The van der Waals surface area contributed by atoms with Crippen LogP contribution in [0.5, 0.6) is 0 Å². The Morgan fingerprint density at radius 2 is 1.64 bits per heavy atom. The van der Waals surface area contributed by atoms with E-state index in [1.54, 1.807) is 11.1 Å². The molecule has 14 heavy (non-hydrogen) atoms. The molecule has 0 aliphatic heterocycles. The van der Waals surface area contributed by atoms with Gasteiger partial charge in [-0.05, 0) is 24.8 Å². The van der Waals surface area contributed by atoms with E-state index in [1.165, 1.54) is 32.1 Å². The predicted octanol–water partition coefficient (Wildman–Crippen LogP) is -2.15. The van der Waals surface area contributed by atoms with E-state index in [2.05, 4.69) is 26.0 Å². The van der Waals surface area contributed by atoms with Gasteiger partial charge >= 0.3 is 25.8 Å². The van der Waals surface area contributed by atoms with Crippen LogP contribution in [0.3, 0.4) is 0 Å². The van der Waals surface area contributed by atoms with E-state index in [9.17, 15) is 0 Å². The van der Waals surface area contributed by atoms with Crippen molar-refractivity contribution in [3.8, 4) is 0 Å². The average molecular weight is 400 g/mol. The van der Waals surface area contributed by atoms with Gasteiger partial charge in [-0.3, -0.25) is 0 Å². The molecule has 0 spiro atoms. The molecule has 1 rings (SSSR count). The Bertz CT molecular complexity index is 186. The SMILES string of the molecule is CCCC1=C(CCC)CC=C1.[Cl-].[Cl-].[Hf+2]. The maximum absolute atomic E-state index is 2.31. The quantitative estimate of drug-likeness (QED) is 0.473. The van der Waals surface area contributed by atoms with E-state index in [0.717, 1.165) is 0 Å². The molecule has 1 aliphatic rings. The summed E-state index contributed by atoms with van der Waals surface area (Å²) in [6, 6.07) is 0. The van der Waals surface area contributed by atoms with Crippen LogP contribution < -0.4 is 24.8 Å². The first-order valence-corrected chi connectivity index (χ1v) is 4.76. The maximum atomic E-state index is 2.31. The minimum Gasteiger partial charge on any atom is -1.00 e. The predicted molar refractivity (Wildman–Crippen MR) is 50.6 cm³/mol. The van der Waals surface area contributed by atoms with Gasteiger partial charge in [0, 0.05) is 0 Å². The third kappa shape index (κ3) is 6.42. The molecule has 0 N–H and O–H groups in total. The molecule has 3 heteroatoms. The van der Waals surface area contributed by atoms with Crippen LogP contribution in [-0.4, -0.2) is 0 Å².